The van der Waals surface area contributed by atoms with Crippen LogP contribution in [-0.4, -0.2) is 7.11 Å². The van der Waals surface area contributed by atoms with E-state index in [2.05, 4.69) is 15.9 Å². The maximum Gasteiger partial charge on any atom is 0.121 e. The van der Waals surface area contributed by atoms with E-state index < -0.39 is 0 Å². The normalized spacial score (nSPS) is 12.7. The van der Waals surface area contributed by atoms with Gasteiger partial charge in [-0.3, -0.25) is 0 Å². The number of nitrogens with two attached hydrogens (primary N) is 1. The largest absolute Gasteiger partial charge is 0.496 e. The molecule has 3 heteroatoms. The summed E-state index contributed by atoms with van der Waals surface area (Å²) in [6.45, 7) is 2.00. The zero-order chi connectivity index (χ0) is 9.14. The summed E-state index contributed by atoms with van der Waals surface area (Å²) in [6.07, 6.45) is 0. The zero-order valence-electron chi connectivity index (χ0n) is 7.17. The molecule has 2 nitrogen and oxygen atoms in total. The number of aryl methyl sites for hydroxylation is 1. The Hall–Kier alpha value is -0.540. The third kappa shape index (κ3) is 1.99. The van der Waals surface area contributed by atoms with Crippen molar-refractivity contribution in [1.82, 2.24) is 0 Å². The molecule has 0 saturated heterocycles. The molecule has 1 aromatic carbocycles. The van der Waals surface area contributed by atoms with E-state index >= 15 is 0 Å². The molecule has 0 spiro atoms. The molecule has 0 bridgehead atoms. The summed E-state index contributed by atoms with van der Waals surface area (Å²) < 4.78 is 5.12. The van der Waals surface area contributed by atoms with Crippen LogP contribution in [0.5, 0.6) is 5.75 Å². The number of rotatable bonds is 2. The molecule has 1 unspecified atom stereocenters. The summed E-state index contributed by atoms with van der Waals surface area (Å²) in [6, 6.07) is 5.88. The Morgan fingerprint density at radius 3 is 2.58 bits per heavy atom. The number of hydrogen-bond donors (Lipinski definition) is 1. The van der Waals surface area contributed by atoms with Crippen molar-refractivity contribution in [3.63, 3.8) is 0 Å². The molecule has 0 aromatic heterocycles. The molecule has 0 aliphatic carbocycles. The first-order chi connectivity index (χ1) is 5.65. The van der Waals surface area contributed by atoms with E-state index in [0.29, 0.717) is 0 Å². The topological polar surface area (TPSA) is 35.2 Å². The van der Waals surface area contributed by atoms with Gasteiger partial charge in [0.15, 0.2) is 0 Å². The highest BCUT2D eigenvalue weighted by molar-refractivity contribution is 9.09. The summed E-state index contributed by atoms with van der Waals surface area (Å²) in [5.41, 5.74) is 7.81. The third-order valence-corrected chi connectivity index (χ3v) is 2.27. The Kier molecular flexibility index (Phi) is 3.12. The molecule has 0 aliphatic heterocycles. The van der Waals surface area contributed by atoms with E-state index in [9.17, 15) is 0 Å². The van der Waals surface area contributed by atoms with Gasteiger partial charge in [0, 0.05) is 0 Å². The molecular formula is C9H12BrNO. The van der Waals surface area contributed by atoms with Gasteiger partial charge in [-0.15, -0.1) is 0 Å². The van der Waals surface area contributed by atoms with Gasteiger partial charge in [-0.05, 0) is 30.2 Å². The lowest BCUT2D eigenvalue weighted by atomic mass is 10.1. The zero-order valence-corrected chi connectivity index (χ0v) is 8.76. The van der Waals surface area contributed by atoms with E-state index in [4.69, 9.17) is 10.5 Å². The van der Waals surface area contributed by atoms with Crippen LogP contribution in [0.1, 0.15) is 16.1 Å². The monoisotopic (exact) mass is 229 g/mol. The van der Waals surface area contributed by atoms with Gasteiger partial charge in [0.2, 0.25) is 0 Å². The van der Waals surface area contributed by atoms with Crippen molar-refractivity contribution in [2.75, 3.05) is 7.11 Å². The quantitative estimate of drug-likeness (QED) is 0.625. The van der Waals surface area contributed by atoms with Gasteiger partial charge in [-0.2, -0.15) is 0 Å². The third-order valence-electron chi connectivity index (χ3n) is 1.74. The van der Waals surface area contributed by atoms with Crippen LogP contribution in [0.15, 0.2) is 18.2 Å². The Balaban J connectivity index is 3.02. The van der Waals surface area contributed by atoms with Gasteiger partial charge < -0.3 is 10.5 Å². The molecule has 0 heterocycles. The highest BCUT2D eigenvalue weighted by atomic mass is 79.9. The number of hydrogen-bond acceptors (Lipinski definition) is 2. The number of halogens is 1. The van der Waals surface area contributed by atoms with Crippen molar-refractivity contribution in [3.8, 4) is 5.75 Å². The van der Waals surface area contributed by atoms with Gasteiger partial charge in [0.25, 0.3) is 0 Å². The highest BCUT2D eigenvalue weighted by Crippen LogP contribution is 2.23. The molecule has 1 atom stereocenters. The Bertz CT molecular complexity index is 273. The van der Waals surface area contributed by atoms with Gasteiger partial charge >= 0.3 is 0 Å². The molecule has 1 aromatic rings. The van der Waals surface area contributed by atoms with E-state index in [-0.39, 0.29) is 4.95 Å². The van der Waals surface area contributed by atoms with Crippen LogP contribution in [0, 0.1) is 6.92 Å². The standard InChI is InChI=1S/C9H12BrNO/c1-6-5-7(9(10)11)3-4-8(6)12-2/h3-5,9H,11H2,1-2H3. The number of benzene rings is 1. The molecule has 2 N–H and O–H groups in total. The van der Waals surface area contributed by atoms with Crippen LogP contribution in [0.3, 0.4) is 0 Å². The van der Waals surface area contributed by atoms with Crippen LogP contribution in [0.4, 0.5) is 0 Å². The lowest BCUT2D eigenvalue weighted by Gasteiger charge is -2.08. The minimum absolute atomic E-state index is 0.0953. The van der Waals surface area contributed by atoms with Crippen LogP contribution in [0.2, 0.25) is 0 Å². The maximum absolute atomic E-state index is 5.65. The molecule has 0 aliphatic rings. The van der Waals surface area contributed by atoms with E-state index in [1.54, 1.807) is 7.11 Å². The molecule has 0 amide bonds. The number of ether oxygens (including phenoxy) is 1. The first-order valence-corrected chi connectivity index (χ1v) is 4.61. The average molecular weight is 230 g/mol. The number of alkyl halides is 1. The molecule has 12 heavy (non-hydrogen) atoms. The summed E-state index contributed by atoms with van der Waals surface area (Å²) in [4.78, 5) is -0.0953. The minimum atomic E-state index is -0.0953. The van der Waals surface area contributed by atoms with Crippen molar-refractivity contribution >= 4 is 15.9 Å². The summed E-state index contributed by atoms with van der Waals surface area (Å²) in [7, 11) is 1.66. The van der Waals surface area contributed by atoms with Crippen molar-refractivity contribution in [1.29, 1.82) is 0 Å². The van der Waals surface area contributed by atoms with Crippen LogP contribution < -0.4 is 10.5 Å². The fourth-order valence-electron chi connectivity index (χ4n) is 1.07. The van der Waals surface area contributed by atoms with Crippen molar-refractivity contribution in [2.45, 2.75) is 11.9 Å². The van der Waals surface area contributed by atoms with Gasteiger partial charge in [-0.25, -0.2) is 0 Å². The lowest BCUT2D eigenvalue weighted by Crippen LogP contribution is -2.01. The Morgan fingerprint density at radius 2 is 2.17 bits per heavy atom. The smallest absolute Gasteiger partial charge is 0.121 e. The van der Waals surface area contributed by atoms with Crippen LogP contribution in [-0.2, 0) is 0 Å². The predicted octanol–water partition coefficient (Wildman–Crippen LogP) is 2.36. The van der Waals surface area contributed by atoms with Gasteiger partial charge in [0.1, 0.15) is 5.75 Å². The minimum Gasteiger partial charge on any atom is -0.496 e. The fraction of sp³-hybridized carbons (Fsp3) is 0.333. The van der Waals surface area contributed by atoms with Crippen LogP contribution in [0.25, 0.3) is 0 Å². The Morgan fingerprint density at radius 1 is 1.50 bits per heavy atom. The Labute approximate surface area is 80.8 Å². The lowest BCUT2D eigenvalue weighted by molar-refractivity contribution is 0.411. The van der Waals surface area contributed by atoms with Crippen molar-refractivity contribution in [3.05, 3.63) is 29.3 Å². The van der Waals surface area contributed by atoms with E-state index in [0.717, 1.165) is 16.9 Å². The number of methoxy groups -OCH3 is 1. The molecule has 66 valence electrons. The second kappa shape index (κ2) is 3.92. The SMILES string of the molecule is COc1ccc(C(N)Br)cc1C. The molecular weight excluding hydrogens is 218 g/mol. The van der Waals surface area contributed by atoms with Crippen molar-refractivity contribution < 1.29 is 4.74 Å². The van der Waals surface area contributed by atoms with E-state index in [1.165, 1.54) is 0 Å². The first kappa shape index (κ1) is 9.55. The maximum atomic E-state index is 5.65. The molecule has 1 rings (SSSR count). The van der Waals surface area contributed by atoms with Gasteiger partial charge in [0.05, 0.1) is 12.1 Å². The molecule has 0 fully saturated rings. The fourth-order valence-corrected chi connectivity index (χ4v) is 1.36. The second-order valence-electron chi connectivity index (χ2n) is 2.63. The summed E-state index contributed by atoms with van der Waals surface area (Å²) in [5.74, 6) is 0.895. The van der Waals surface area contributed by atoms with E-state index in [1.807, 2.05) is 25.1 Å². The molecule has 0 radical (unpaired) electrons. The van der Waals surface area contributed by atoms with Crippen molar-refractivity contribution in [2.24, 2.45) is 5.73 Å². The molecule has 0 saturated carbocycles. The predicted molar refractivity (Wildman–Crippen MR) is 53.6 cm³/mol. The van der Waals surface area contributed by atoms with Gasteiger partial charge in [-0.1, -0.05) is 22.0 Å². The summed E-state index contributed by atoms with van der Waals surface area (Å²) in [5, 5.41) is 0. The summed E-state index contributed by atoms with van der Waals surface area (Å²) >= 11 is 3.30. The average Bonchev–Trinajstić information content (AvgIpc) is 2.04. The highest BCUT2D eigenvalue weighted by Gasteiger charge is 2.03. The van der Waals surface area contributed by atoms with Crippen LogP contribution >= 0.6 is 15.9 Å². The second-order valence-corrected chi connectivity index (χ2v) is 3.62. The first-order valence-electron chi connectivity index (χ1n) is 3.69.